The minimum Gasteiger partial charge on any atom is -0.507 e. The molecule has 0 heterocycles. The molecular weight excluding hydrogens is 518 g/mol. The van der Waals surface area contributed by atoms with Gasteiger partial charge in [0.25, 0.3) is 0 Å². The van der Waals surface area contributed by atoms with E-state index in [1.165, 1.54) is 0 Å². The molecule has 5 nitrogen and oxygen atoms in total. The fourth-order valence-electron chi connectivity index (χ4n) is 5.77. The molecule has 230 valence electrons. The molecule has 0 spiro atoms. The van der Waals surface area contributed by atoms with Crippen LogP contribution in [-0.2, 0) is 21.7 Å². The number of phenols is 2. The van der Waals surface area contributed by atoms with E-state index in [-0.39, 0.29) is 21.7 Å². The van der Waals surface area contributed by atoms with E-state index < -0.39 is 0 Å². The molecule has 3 aromatic carbocycles. The van der Waals surface area contributed by atoms with Crippen LogP contribution in [0.1, 0.15) is 105 Å². The maximum atomic E-state index is 11.5. The lowest BCUT2D eigenvalue weighted by atomic mass is 9.76. The topological polar surface area (TPSA) is 76.5 Å². The molecule has 0 amide bonds. The van der Waals surface area contributed by atoms with E-state index in [4.69, 9.17) is 0 Å². The van der Waals surface area contributed by atoms with Crippen LogP contribution in [-0.4, -0.2) is 31.4 Å². The molecule has 0 radical (unpaired) electrons. The molecule has 0 aliphatic rings. The van der Waals surface area contributed by atoms with Crippen molar-refractivity contribution in [1.82, 2.24) is 0 Å². The Kier molecular flexibility index (Phi) is 8.73. The van der Waals surface area contributed by atoms with Crippen molar-refractivity contribution in [2.75, 3.05) is 37.1 Å². The van der Waals surface area contributed by atoms with E-state index in [0.717, 1.165) is 61.6 Å². The zero-order valence-corrected chi connectivity index (χ0v) is 28.8. The Morgan fingerprint density at radius 1 is 0.429 bits per heavy atom. The Morgan fingerprint density at radius 3 is 0.881 bits per heavy atom. The summed E-state index contributed by atoms with van der Waals surface area (Å²) in [6.07, 6.45) is 0. The molecule has 0 aromatic heterocycles. The van der Waals surface area contributed by atoms with Crippen molar-refractivity contribution in [2.45, 2.75) is 105 Å². The van der Waals surface area contributed by atoms with Gasteiger partial charge in [-0.15, -0.1) is 0 Å². The predicted octanol–water partition coefficient (Wildman–Crippen LogP) is 9.75. The van der Waals surface area contributed by atoms with Crippen LogP contribution in [0.3, 0.4) is 0 Å². The smallest absolute Gasteiger partial charge is 0.123 e. The summed E-state index contributed by atoms with van der Waals surface area (Å²) in [6, 6.07) is 10.7. The Morgan fingerprint density at radius 2 is 0.690 bits per heavy atom. The summed E-state index contributed by atoms with van der Waals surface area (Å²) >= 11 is 0. The summed E-state index contributed by atoms with van der Waals surface area (Å²) in [4.78, 5) is 0. The fraction of sp³-hybridized carbons (Fsp3) is 0.514. The van der Waals surface area contributed by atoms with Gasteiger partial charge in [0.05, 0.1) is 5.69 Å². The molecule has 3 rings (SSSR count). The van der Waals surface area contributed by atoms with Crippen molar-refractivity contribution in [3.05, 3.63) is 52.6 Å². The monoisotopic (exact) mass is 573 g/mol. The lowest BCUT2D eigenvalue weighted by molar-refractivity contribution is 0.422. The van der Waals surface area contributed by atoms with Gasteiger partial charge in [-0.2, -0.15) is 0 Å². The molecule has 0 aliphatic carbocycles. The third kappa shape index (κ3) is 6.21. The van der Waals surface area contributed by atoms with E-state index in [9.17, 15) is 10.2 Å². The zero-order valence-electron chi connectivity index (χ0n) is 28.8. The SMILES string of the molecule is CNc1cc(NC)c(-c2cc(C(C)(C)C)c(O)c(C(C)(C)C)c2)c(NC)c1-c1cc(C(C)(C)C)c(O)c(C(C)(C)C)c1. The summed E-state index contributed by atoms with van der Waals surface area (Å²) in [5.74, 6) is 0.733. The van der Waals surface area contributed by atoms with Crippen molar-refractivity contribution in [2.24, 2.45) is 0 Å². The van der Waals surface area contributed by atoms with Gasteiger partial charge in [0.1, 0.15) is 11.5 Å². The molecule has 0 fully saturated rings. The molecule has 0 atom stereocenters. The quantitative estimate of drug-likeness (QED) is 0.210. The van der Waals surface area contributed by atoms with Crippen LogP contribution in [0.5, 0.6) is 11.5 Å². The molecule has 0 aliphatic heterocycles. The van der Waals surface area contributed by atoms with Crippen molar-refractivity contribution in [3.8, 4) is 33.8 Å². The van der Waals surface area contributed by atoms with Crippen molar-refractivity contribution in [3.63, 3.8) is 0 Å². The summed E-state index contributed by atoms with van der Waals surface area (Å²) in [5, 5.41) is 33.4. The lowest BCUT2D eigenvalue weighted by Gasteiger charge is -2.31. The van der Waals surface area contributed by atoms with Crippen LogP contribution in [0.25, 0.3) is 22.3 Å². The Hall–Kier alpha value is -3.34. The number of benzene rings is 3. The number of phenolic OH excluding ortho intramolecular Hbond substituents is 2. The second-order valence-corrected chi connectivity index (χ2v) is 15.7. The molecule has 0 unspecified atom stereocenters. The third-order valence-electron chi connectivity index (χ3n) is 8.15. The number of hydrogen-bond acceptors (Lipinski definition) is 5. The summed E-state index contributed by atoms with van der Waals surface area (Å²) in [7, 11) is 5.86. The van der Waals surface area contributed by atoms with Gasteiger partial charge in [-0.05, 0) is 63.1 Å². The molecule has 3 aromatic rings. The molecule has 0 saturated carbocycles. The maximum absolute atomic E-state index is 11.5. The first-order valence-electron chi connectivity index (χ1n) is 15.1. The van der Waals surface area contributed by atoms with Crippen molar-refractivity contribution < 1.29 is 10.2 Å². The molecular formula is C37H55N3O2. The van der Waals surface area contributed by atoms with Crippen molar-refractivity contribution >= 4 is 17.1 Å². The molecule has 0 bridgehead atoms. The van der Waals surface area contributed by atoms with Gasteiger partial charge in [-0.25, -0.2) is 0 Å². The van der Waals surface area contributed by atoms with E-state index in [1.807, 2.05) is 21.1 Å². The minimum atomic E-state index is -0.256. The predicted molar refractivity (Wildman–Crippen MR) is 184 cm³/mol. The first-order chi connectivity index (χ1) is 19.1. The Bertz CT molecular complexity index is 1300. The Balaban J connectivity index is 2.61. The largest absolute Gasteiger partial charge is 0.507 e. The molecule has 0 saturated heterocycles. The summed E-state index contributed by atoms with van der Waals surface area (Å²) in [5.41, 5.74) is 9.71. The summed E-state index contributed by atoms with van der Waals surface area (Å²) < 4.78 is 0. The van der Waals surface area contributed by atoms with Crippen LogP contribution in [0.2, 0.25) is 0 Å². The highest BCUT2D eigenvalue weighted by Crippen LogP contribution is 2.51. The van der Waals surface area contributed by atoms with Crippen molar-refractivity contribution in [1.29, 1.82) is 0 Å². The zero-order chi connectivity index (χ0) is 32.2. The summed E-state index contributed by atoms with van der Waals surface area (Å²) in [6.45, 7) is 25.7. The fourth-order valence-corrected chi connectivity index (χ4v) is 5.77. The van der Waals surface area contributed by atoms with Crippen LogP contribution >= 0.6 is 0 Å². The number of hydrogen-bond donors (Lipinski definition) is 5. The number of anilines is 3. The second-order valence-electron chi connectivity index (χ2n) is 15.7. The first-order valence-corrected chi connectivity index (χ1v) is 15.1. The number of aromatic hydroxyl groups is 2. The first kappa shape index (κ1) is 33.2. The average Bonchev–Trinajstić information content (AvgIpc) is 2.85. The van der Waals surface area contributed by atoms with Crippen LogP contribution in [0.15, 0.2) is 30.3 Å². The van der Waals surface area contributed by atoms with Gasteiger partial charge in [0.15, 0.2) is 0 Å². The van der Waals surface area contributed by atoms with E-state index in [1.54, 1.807) is 0 Å². The third-order valence-corrected chi connectivity index (χ3v) is 8.15. The standard InChI is InChI=1S/C37H55N3O2/c1-34(2,3)23-16-21(17-24(32(23)41)35(4,5)6)29-27(38-13)20-28(39-14)30(31(29)40-15)22-18-25(36(7,8)9)33(42)26(19-22)37(10,11)12/h16-20,38-42H,1-15H3. The van der Waals surface area contributed by atoms with Gasteiger partial charge >= 0.3 is 0 Å². The van der Waals surface area contributed by atoms with Gasteiger partial charge in [0, 0.05) is 65.9 Å². The normalized spacial score (nSPS) is 12.8. The average molecular weight is 574 g/mol. The molecule has 42 heavy (non-hydrogen) atoms. The van der Waals surface area contributed by atoms with Gasteiger partial charge in [-0.3, -0.25) is 0 Å². The maximum Gasteiger partial charge on any atom is 0.123 e. The minimum absolute atomic E-state index is 0.256. The highest BCUT2D eigenvalue weighted by Gasteiger charge is 2.31. The highest BCUT2D eigenvalue weighted by molar-refractivity contribution is 6.03. The van der Waals surface area contributed by atoms with E-state index in [2.05, 4.69) is 129 Å². The lowest BCUT2D eigenvalue weighted by Crippen LogP contribution is -2.18. The van der Waals surface area contributed by atoms with Gasteiger partial charge in [-0.1, -0.05) is 83.1 Å². The second kappa shape index (κ2) is 11.1. The van der Waals surface area contributed by atoms with Crippen LogP contribution < -0.4 is 16.0 Å². The van der Waals surface area contributed by atoms with Crippen LogP contribution in [0, 0.1) is 0 Å². The van der Waals surface area contributed by atoms with Gasteiger partial charge in [0.2, 0.25) is 0 Å². The number of rotatable bonds is 5. The highest BCUT2D eigenvalue weighted by atomic mass is 16.3. The van der Waals surface area contributed by atoms with Gasteiger partial charge < -0.3 is 26.2 Å². The van der Waals surface area contributed by atoms with E-state index in [0.29, 0.717) is 11.5 Å². The number of nitrogens with one attached hydrogen (secondary N) is 3. The Labute approximate surface area is 255 Å². The molecule has 5 heteroatoms. The van der Waals surface area contributed by atoms with Crippen LogP contribution in [0.4, 0.5) is 17.1 Å². The van der Waals surface area contributed by atoms with E-state index >= 15 is 0 Å². The molecule has 5 N–H and O–H groups in total.